The van der Waals surface area contributed by atoms with Crippen LogP contribution in [0.4, 0.5) is 0 Å². The summed E-state index contributed by atoms with van der Waals surface area (Å²) in [6.07, 6.45) is 1.66. The highest BCUT2D eigenvalue weighted by Gasteiger charge is 2.13. The van der Waals surface area contributed by atoms with Crippen LogP contribution in [0.5, 0.6) is 11.5 Å². The summed E-state index contributed by atoms with van der Waals surface area (Å²) >= 11 is 9.27. The monoisotopic (exact) mass is 440 g/mol. The van der Waals surface area contributed by atoms with Crippen molar-refractivity contribution >= 4 is 39.7 Å². The second-order valence-corrected chi connectivity index (χ2v) is 6.41. The molecule has 0 unspecified atom stereocenters. The number of esters is 1. The average molecular weight is 442 g/mol. The van der Waals surface area contributed by atoms with E-state index in [2.05, 4.69) is 31.2 Å². The molecule has 2 rings (SSSR count). The van der Waals surface area contributed by atoms with E-state index in [0.29, 0.717) is 27.5 Å². The molecule has 0 spiro atoms. The molecule has 2 aromatic carbocycles. The van der Waals surface area contributed by atoms with Crippen LogP contribution in [0.3, 0.4) is 0 Å². The third kappa shape index (κ3) is 5.93. The number of nitrogens with zero attached hydrogens (tertiary/aromatic N) is 1. The van der Waals surface area contributed by atoms with Crippen LogP contribution in [0.2, 0.25) is 5.02 Å². The topological polar surface area (TPSA) is 69.2 Å². The van der Waals surface area contributed by atoms with Gasteiger partial charge in [-0.3, -0.25) is 0 Å². The molecular weight excluding hydrogens is 424 g/mol. The number of ether oxygens (including phenoxy) is 3. The summed E-state index contributed by atoms with van der Waals surface area (Å²) in [4.78, 5) is 11.2. The Balaban J connectivity index is 2.01. The summed E-state index contributed by atoms with van der Waals surface area (Å²) in [5, 5.41) is 4.89. The minimum atomic E-state index is -0.476. The Hall–Kier alpha value is -2.25. The van der Waals surface area contributed by atoms with E-state index in [-0.39, 0.29) is 6.61 Å². The maximum absolute atomic E-state index is 11.2. The van der Waals surface area contributed by atoms with Gasteiger partial charge in [0.1, 0.15) is 0 Å². The van der Waals surface area contributed by atoms with Gasteiger partial charge in [0.2, 0.25) is 0 Å². The number of carbonyl (C=O) groups is 1. The zero-order valence-electron chi connectivity index (χ0n) is 14.3. The Bertz CT molecular complexity index is 782. The van der Waals surface area contributed by atoms with E-state index in [1.165, 1.54) is 14.2 Å². The maximum atomic E-state index is 11.2. The van der Waals surface area contributed by atoms with Gasteiger partial charge in [0.15, 0.2) is 18.1 Å². The van der Waals surface area contributed by atoms with Gasteiger partial charge in [-0.15, -0.1) is 0 Å². The number of benzene rings is 2. The summed E-state index contributed by atoms with van der Waals surface area (Å²) in [5.74, 6) is 0.419. The van der Waals surface area contributed by atoms with Crippen molar-refractivity contribution in [2.45, 2.75) is 6.54 Å². The average Bonchev–Trinajstić information content (AvgIpc) is 2.65. The highest BCUT2D eigenvalue weighted by Crippen LogP contribution is 2.36. The first-order chi connectivity index (χ1) is 12.5. The Morgan fingerprint density at radius 1 is 1.27 bits per heavy atom. The summed E-state index contributed by atoms with van der Waals surface area (Å²) in [5.41, 5.74) is 4.83. The van der Waals surface area contributed by atoms with Crippen LogP contribution in [-0.4, -0.2) is 33.0 Å². The van der Waals surface area contributed by atoms with Gasteiger partial charge in [-0.2, -0.15) is 5.10 Å². The van der Waals surface area contributed by atoms with Crippen LogP contribution >= 0.6 is 27.5 Å². The molecule has 0 aliphatic carbocycles. The fraction of sp³-hybridized carbons (Fsp3) is 0.222. The van der Waals surface area contributed by atoms with E-state index in [9.17, 15) is 4.79 Å². The first-order valence-corrected chi connectivity index (χ1v) is 8.78. The Morgan fingerprint density at radius 3 is 2.65 bits per heavy atom. The van der Waals surface area contributed by atoms with Crippen molar-refractivity contribution in [2.24, 2.45) is 5.10 Å². The first kappa shape index (κ1) is 20.1. The molecular formula is C18H18BrClN2O4. The second-order valence-electron chi connectivity index (χ2n) is 5.12. The predicted octanol–water partition coefficient (Wildman–Crippen LogP) is 3.79. The number of methoxy groups -OCH3 is 2. The maximum Gasteiger partial charge on any atom is 0.343 e. The molecule has 2 aromatic rings. The summed E-state index contributed by atoms with van der Waals surface area (Å²) < 4.78 is 16.0. The van der Waals surface area contributed by atoms with Gasteiger partial charge in [-0.25, -0.2) is 4.79 Å². The molecule has 0 fully saturated rings. The highest BCUT2D eigenvalue weighted by molar-refractivity contribution is 9.10. The number of hydrazone groups is 1. The van der Waals surface area contributed by atoms with E-state index in [1.54, 1.807) is 12.3 Å². The SMILES string of the molecule is COC(=O)COc1c(Br)cc(/C=N\NCc2ccc(Cl)cc2)cc1OC. The minimum Gasteiger partial charge on any atom is -0.493 e. The van der Waals surface area contributed by atoms with Gasteiger partial charge < -0.3 is 19.6 Å². The summed E-state index contributed by atoms with van der Waals surface area (Å²) in [6, 6.07) is 11.1. The van der Waals surface area contributed by atoms with Gasteiger partial charge >= 0.3 is 5.97 Å². The molecule has 0 aliphatic heterocycles. The standard InChI is InChI=1S/C18H18BrClN2O4/c1-24-16-8-13(7-15(19)18(16)26-11-17(23)25-2)10-22-21-9-12-3-5-14(20)6-4-12/h3-8,10,21H,9,11H2,1-2H3/b22-10-. The number of hydrogen-bond acceptors (Lipinski definition) is 6. The van der Waals surface area contributed by atoms with Crippen LogP contribution in [0.15, 0.2) is 46.0 Å². The van der Waals surface area contributed by atoms with E-state index < -0.39 is 5.97 Å². The Labute approximate surface area is 165 Å². The van der Waals surface area contributed by atoms with E-state index in [0.717, 1.165) is 11.1 Å². The van der Waals surface area contributed by atoms with Gasteiger partial charge in [0.25, 0.3) is 0 Å². The number of halogens is 2. The van der Waals surface area contributed by atoms with Gasteiger partial charge in [-0.05, 0) is 51.3 Å². The molecule has 0 atom stereocenters. The molecule has 0 saturated heterocycles. The lowest BCUT2D eigenvalue weighted by Gasteiger charge is -2.12. The molecule has 0 aliphatic rings. The van der Waals surface area contributed by atoms with Crippen LogP contribution < -0.4 is 14.9 Å². The van der Waals surface area contributed by atoms with E-state index in [1.807, 2.05) is 30.3 Å². The molecule has 26 heavy (non-hydrogen) atoms. The minimum absolute atomic E-state index is 0.207. The van der Waals surface area contributed by atoms with Gasteiger partial charge in [0.05, 0.1) is 31.5 Å². The molecule has 1 N–H and O–H groups in total. The first-order valence-electron chi connectivity index (χ1n) is 7.61. The van der Waals surface area contributed by atoms with Crippen LogP contribution in [0, 0.1) is 0 Å². The smallest absolute Gasteiger partial charge is 0.343 e. The van der Waals surface area contributed by atoms with Crippen molar-refractivity contribution in [3.05, 3.63) is 57.0 Å². The molecule has 0 amide bonds. The van der Waals surface area contributed by atoms with Gasteiger partial charge in [0, 0.05) is 5.02 Å². The lowest BCUT2D eigenvalue weighted by molar-refractivity contribution is -0.142. The third-order valence-electron chi connectivity index (χ3n) is 3.32. The van der Waals surface area contributed by atoms with Crippen LogP contribution in [0.1, 0.15) is 11.1 Å². The molecule has 0 heterocycles. The summed E-state index contributed by atoms with van der Waals surface area (Å²) in [7, 11) is 2.82. The van der Waals surface area contributed by atoms with Crippen LogP contribution in [0.25, 0.3) is 0 Å². The van der Waals surface area contributed by atoms with E-state index >= 15 is 0 Å². The predicted molar refractivity (Wildman–Crippen MR) is 104 cm³/mol. The van der Waals surface area contributed by atoms with Crippen molar-refractivity contribution < 1.29 is 19.0 Å². The molecule has 138 valence electrons. The van der Waals surface area contributed by atoms with Crippen molar-refractivity contribution in [2.75, 3.05) is 20.8 Å². The van der Waals surface area contributed by atoms with Crippen molar-refractivity contribution in [1.29, 1.82) is 0 Å². The number of nitrogens with one attached hydrogen (secondary N) is 1. The van der Waals surface area contributed by atoms with E-state index in [4.69, 9.17) is 21.1 Å². The number of rotatable bonds is 8. The molecule has 0 bridgehead atoms. The normalized spacial score (nSPS) is 10.6. The fourth-order valence-corrected chi connectivity index (χ4v) is 2.70. The van der Waals surface area contributed by atoms with Gasteiger partial charge in [-0.1, -0.05) is 23.7 Å². The molecule has 0 radical (unpaired) electrons. The summed E-state index contributed by atoms with van der Waals surface area (Å²) in [6.45, 7) is 0.369. The lowest BCUT2D eigenvalue weighted by atomic mass is 10.2. The zero-order chi connectivity index (χ0) is 18.9. The Morgan fingerprint density at radius 2 is 2.00 bits per heavy atom. The third-order valence-corrected chi connectivity index (χ3v) is 4.16. The zero-order valence-corrected chi connectivity index (χ0v) is 16.6. The molecule has 8 heteroatoms. The highest BCUT2D eigenvalue weighted by atomic mass is 79.9. The lowest BCUT2D eigenvalue weighted by Crippen LogP contribution is -2.13. The van der Waals surface area contributed by atoms with Crippen LogP contribution in [-0.2, 0) is 16.1 Å². The molecule has 6 nitrogen and oxygen atoms in total. The fourth-order valence-electron chi connectivity index (χ4n) is 2.00. The molecule has 0 saturated carbocycles. The largest absolute Gasteiger partial charge is 0.493 e. The van der Waals surface area contributed by atoms with Crippen molar-refractivity contribution in [3.8, 4) is 11.5 Å². The van der Waals surface area contributed by atoms with Crippen molar-refractivity contribution in [1.82, 2.24) is 5.43 Å². The molecule has 0 aromatic heterocycles. The second kappa shape index (κ2) is 10.0. The van der Waals surface area contributed by atoms with Crippen molar-refractivity contribution in [3.63, 3.8) is 0 Å². The number of hydrogen-bond donors (Lipinski definition) is 1. The quantitative estimate of drug-likeness (QED) is 0.383. The number of carbonyl (C=O) groups excluding carboxylic acids is 1. The Kier molecular flexibility index (Phi) is 7.74.